The van der Waals surface area contributed by atoms with Crippen LogP contribution < -0.4 is 14.4 Å². The molecular weight excluding hydrogens is 318 g/mol. The quantitative estimate of drug-likeness (QED) is 0.634. The van der Waals surface area contributed by atoms with Crippen molar-refractivity contribution in [2.24, 2.45) is 5.92 Å². The molecule has 5 heteroatoms. The highest BCUT2D eigenvalue weighted by molar-refractivity contribution is 5.99. The molecule has 1 fully saturated rings. The molecule has 0 aromatic heterocycles. The largest absolute Gasteiger partial charge is 0.497 e. The molecule has 0 N–H and O–H groups in total. The van der Waals surface area contributed by atoms with Crippen LogP contribution in [0.1, 0.15) is 17.5 Å². The van der Waals surface area contributed by atoms with Gasteiger partial charge in [-0.25, -0.2) is 0 Å². The maximum atomic E-state index is 12.4. The second-order valence-electron chi connectivity index (χ2n) is 6.27. The van der Waals surface area contributed by atoms with Gasteiger partial charge in [0.1, 0.15) is 11.5 Å². The third kappa shape index (κ3) is 3.65. The van der Waals surface area contributed by atoms with Crippen molar-refractivity contribution in [1.82, 2.24) is 0 Å². The zero-order valence-electron chi connectivity index (χ0n) is 14.6. The van der Waals surface area contributed by atoms with E-state index in [9.17, 15) is 9.59 Å². The Hall–Kier alpha value is -2.82. The Kier molecular flexibility index (Phi) is 4.74. The molecule has 0 saturated carbocycles. The predicted molar refractivity (Wildman–Crippen MR) is 95.0 cm³/mol. The first-order valence-corrected chi connectivity index (χ1v) is 8.21. The molecule has 3 rings (SSSR count). The second kappa shape index (κ2) is 6.97. The van der Waals surface area contributed by atoms with Gasteiger partial charge in [0.05, 0.1) is 13.0 Å². The minimum Gasteiger partial charge on any atom is -0.497 e. The average Bonchev–Trinajstić information content (AvgIpc) is 3.00. The molecular formula is C20H21NO4. The lowest BCUT2D eigenvalue weighted by atomic mass is 10.1. The van der Waals surface area contributed by atoms with E-state index in [-0.39, 0.29) is 18.3 Å². The van der Waals surface area contributed by atoms with E-state index in [0.29, 0.717) is 18.0 Å². The number of carbonyl (C=O) groups excluding carboxylic acids is 2. The lowest BCUT2D eigenvalue weighted by Crippen LogP contribution is -2.27. The van der Waals surface area contributed by atoms with Crippen molar-refractivity contribution in [3.63, 3.8) is 0 Å². The minimum absolute atomic E-state index is 0.0877. The van der Waals surface area contributed by atoms with Crippen LogP contribution in [0.15, 0.2) is 42.5 Å². The van der Waals surface area contributed by atoms with E-state index in [1.165, 1.54) is 0 Å². The van der Waals surface area contributed by atoms with E-state index < -0.39 is 5.92 Å². The van der Waals surface area contributed by atoms with Crippen LogP contribution in [0.3, 0.4) is 0 Å². The highest BCUT2D eigenvalue weighted by Gasteiger charge is 2.36. The Morgan fingerprint density at radius 1 is 1.08 bits per heavy atom. The van der Waals surface area contributed by atoms with Crippen LogP contribution in [0, 0.1) is 19.8 Å². The molecule has 0 radical (unpaired) electrons. The number of hydrogen-bond acceptors (Lipinski definition) is 4. The summed E-state index contributed by atoms with van der Waals surface area (Å²) < 4.78 is 10.7. The molecule has 1 aliphatic rings. The van der Waals surface area contributed by atoms with Gasteiger partial charge in [-0.3, -0.25) is 9.59 Å². The van der Waals surface area contributed by atoms with E-state index in [4.69, 9.17) is 9.47 Å². The number of rotatable bonds is 4. The Labute approximate surface area is 147 Å². The summed E-state index contributed by atoms with van der Waals surface area (Å²) in [5.41, 5.74) is 2.93. The third-order valence-electron chi connectivity index (χ3n) is 4.52. The number of hydrogen-bond donors (Lipinski definition) is 0. The number of benzene rings is 2. The van der Waals surface area contributed by atoms with Crippen LogP contribution in [0.2, 0.25) is 0 Å². The van der Waals surface area contributed by atoms with Crippen LogP contribution in [0.4, 0.5) is 5.69 Å². The molecule has 0 spiro atoms. The lowest BCUT2D eigenvalue weighted by molar-refractivity contribution is -0.139. The van der Waals surface area contributed by atoms with Crippen LogP contribution in [0.5, 0.6) is 11.5 Å². The Morgan fingerprint density at radius 2 is 1.88 bits per heavy atom. The molecule has 130 valence electrons. The van der Waals surface area contributed by atoms with E-state index in [2.05, 4.69) is 0 Å². The molecule has 0 bridgehead atoms. The van der Waals surface area contributed by atoms with E-state index in [1.54, 1.807) is 24.1 Å². The Morgan fingerprint density at radius 3 is 2.60 bits per heavy atom. The molecule has 1 amide bonds. The number of carbonyl (C=O) groups is 2. The predicted octanol–water partition coefficient (Wildman–Crippen LogP) is 3.27. The average molecular weight is 339 g/mol. The Bertz CT molecular complexity index is 815. The van der Waals surface area contributed by atoms with Gasteiger partial charge in [-0.15, -0.1) is 0 Å². The fourth-order valence-electron chi connectivity index (χ4n) is 2.87. The molecule has 0 unspecified atom stereocenters. The highest BCUT2D eigenvalue weighted by atomic mass is 16.5. The maximum absolute atomic E-state index is 12.4. The summed E-state index contributed by atoms with van der Waals surface area (Å²) in [6, 6.07) is 12.8. The van der Waals surface area contributed by atoms with Gasteiger partial charge in [-0.1, -0.05) is 12.1 Å². The molecule has 1 saturated heterocycles. The topological polar surface area (TPSA) is 55.8 Å². The van der Waals surface area contributed by atoms with E-state index in [0.717, 1.165) is 16.8 Å². The van der Waals surface area contributed by atoms with Crippen molar-refractivity contribution in [2.45, 2.75) is 20.3 Å². The number of amides is 1. The van der Waals surface area contributed by atoms with Crippen LogP contribution in [0.25, 0.3) is 0 Å². The summed E-state index contributed by atoms with van der Waals surface area (Å²) in [7, 11) is 1.58. The summed E-state index contributed by atoms with van der Waals surface area (Å²) in [5.74, 6) is 0.254. The first-order valence-electron chi connectivity index (χ1n) is 8.21. The number of methoxy groups -OCH3 is 1. The smallest absolute Gasteiger partial charge is 0.316 e. The first-order chi connectivity index (χ1) is 12.0. The van der Waals surface area contributed by atoms with Gasteiger partial charge < -0.3 is 14.4 Å². The van der Waals surface area contributed by atoms with Crippen molar-refractivity contribution in [3.8, 4) is 11.5 Å². The fourth-order valence-corrected chi connectivity index (χ4v) is 2.87. The first kappa shape index (κ1) is 17.0. The fraction of sp³-hybridized carbons (Fsp3) is 0.300. The summed E-state index contributed by atoms with van der Waals surface area (Å²) in [5, 5.41) is 0. The third-order valence-corrected chi connectivity index (χ3v) is 4.52. The summed E-state index contributed by atoms with van der Waals surface area (Å²) >= 11 is 0. The number of esters is 1. The maximum Gasteiger partial charge on any atom is 0.316 e. The number of ether oxygens (including phenoxy) is 2. The molecule has 2 aromatic carbocycles. The van der Waals surface area contributed by atoms with Crippen LogP contribution in [-0.4, -0.2) is 25.5 Å². The van der Waals surface area contributed by atoms with Gasteiger partial charge in [0.15, 0.2) is 0 Å². The van der Waals surface area contributed by atoms with Gasteiger partial charge in [-0.2, -0.15) is 0 Å². The Balaban J connectivity index is 1.70. The number of nitrogens with zero attached hydrogens (tertiary/aromatic N) is 1. The molecule has 25 heavy (non-hydrogen) atoms. The zero-order chi connectivity index (χ0) is 18.0. The van der Waals surface area contributed by atoms with Crippen LogP contribution in [-0.2, 0) is 9.59 Å². The molecule has 5 nitrogen and oxygen atoms in total. The lowest BCUT2D eigenvalue weighted by Gasteiger charge is -2.17. The summed E-state index contributed by atoms with van der Waals surface area (Å²) in [6.07, 6.45) is 0.154. The molecule has 1 heterocycles. The van der Waals surface area contributed by atoms with Gasteiger partial charge >= 0.3 is 5.97 Å². The van der Waals surface area contributed by atoms with E-state index in [1.807, 2.05) is 44.2 Å². The van der Waals surface area contributed by atoms with Crippen molar-refractivity contribution in [1.29, 1.82) is 0 Å². The normalized spacial score (nSPS) is 16.8. The second-order valence-corrected chi connectivity index (χ2v) is 6.27. The van der Waals surface area contributed by atoms with Gasteiger partial charge in [0.25, 0.3) is 0 Å². The highest BCUT2D eigenvalue weighted by Crippen LogP contribution is 2.29. The molecule has 2 aromatic rings. The van der Waals surface area contributed by atoms with Crippen molar-refractivity contribution in [2.75, 3.05) is 18.6 Å². The number of aryl methyl sites for hydroxylation is 2. The van der Waals surface area contributed by atoms with Gasteiger partial charge in [-0.05, 0) is 49.2 Å². The van der Waals surface area contributed by atoms with Crippen molar-refractivity contribution in [3.05, 3.63) is 53.6 Å². The zero-order valence-corrected chi connectivity index (χ0v) is 14.6. The molecule has 1 atom stereocenters. The summed E-state index contributed by atoms with van der Waals surface area (Å²) in [6.45, 7) is 4.29. The monoisotopic (exact) mass is 339 g/mol. The minimum atomic E-state index is -0.472. The number of anilines is 1. The van der Waals surface area contributed by atoms with Crippen molar-refractivity contribution >= 4 is 17.6 Å². The van der Waals surface area contributed by atoms with Crippen LogP contribution >= 0.6 is 0 Å². The molecule has 1 aliphatic heterocycles. The van der Waals surface area contributed by atoms with Gasteiger partial charge in [0, 0.05) is 24.7 Å². The summed E-state index contributed by atoms with van der Waals surface area (Å²) in [4.78, 5) is 26.4. The van der Waals surface area contributed by atoms with E-state index >= 15 is 0 Å². The standard InChI is InChI=1S/C20H21NO4/c1-13-7-8-18(9-14(13)2)25-20(23)15-10-19(22)21(12-15)16-5-4-6-17(11-16)24-3/h4-9,11,15H,10,12H2,1-3H3/t15-/m0/s1. The van der Waals surface area contributed by atoms with Crippen molar-refractivity contribution < 1.29 is 19.1 Å². The van der Waals surface area contributed by atoms with Gasteiger partial charge in [0.2, 0.25) is 5.91 Å². The molecule has 0 aliphatic carbocycles. The SMILES string of the molecule is COc1cccc(N2C[C@@H](C(=O)Oc3ccc(C)c(C)c3)CC2=O)c1.